The fraction of sp³-hybridized carbons (Fsp3) is 0.0909. The number of halogens is 1. The third kappa shape index (κ3) is 3.79. The van der Waals surface area contributed by atoms with Crippen LogP contribution >= 0.6 is 22.6 Å². The van der Waals surface area contributed by atoms with Gasteiger partial charge in [0.1, 0.15) is 0 Å². The Kier molecular flexibility index (Phi) is 5.25. The van der Waals surface area contributed by atoms with Gasteiger partial charge in [-0.2, -0.15) is 5.10 Å². The van der Waals surface area contributed by atoms with Crippen LogP contribution in [0.1, 0.15) is 11.3 Å². The number of hydrogen-bond acceptors (Lipinski definition) is 4. The number of para-hydroxylation sites is 1. The van der Waals surface area contributed by atoms with Gasteiger partial charge in [-0.3, -0.25) is 9.82 Å². The van der Waals surface area contributed by atoms with E-state index in [9.17, 15) is 13.2 Å². The number of nitrogens with zero attached hydrogens (tertiary/aromatic N) is 2. The zero-order valence-corrected chi connectivity index (χ0v) is 19.6. The van der Waals surface area contributed by atoms with Gasteiger partial charge in [-0.05, 0) is 52.2 Å². The molecule has 1 aromatic heterocycles. The zero-order chi connectivity index (χ0) is 22.3. The molecule has 1 aliphatic heterocycles. The molecule has 10 heteroatoms. The Morgan fingerprint density at radius 2 is 1.72 bits per heavy atom. The van der Waals surface area contributed by atoms with Gasteiger partial charge in [0.05, 0.1) is 23.7 Å². The van der Waals surface area contributed by atoms with Gasteiger partial charge in [-0.25, -0.2) is 13.2 Å². The summed E-state index contributed by atoms with van der Waals surface area (Å²) < 4.78 is 30.0. The van der Waals surface area contributed by atoms with Gasteiger partial charge in [0.2, 0.25) is 0 Å². The highest BCUT2D eigenvalue weighted by Crippen LogP contribution is 2.31. The molecule has 5 rings (SSSR count). The van der Waals surface area contributed by atoms with Crippen molar-refractivity contribution in [3.8, 4) is 0 Å². The van der Waals surface area contributed by atoms with Crippen LogP contribution in [0.5, 0.6) is 0 Å². The quantitative estimate of drug-likeness (QED) is 0.320. The smallest absolute Gasteiger partial charge is 0.314 e. The second-order valence-corrected chi connectivity index (χ2v) is 10.2. The molecule has 8 nitrogen and oxygen atoms in total. The molecule has 32 heavy (non-hydrogen) atoms. The van der Waals surface area contributed by atoms with Crippen LogP contribution in [0.15, 0.2) is 71.6 Å². The molecular weight excluding hydrogens is 541 g/mol. The number of benzene rings is 3. The Morgan fingerprint density at radius 3 is 2.53 bits per heavy atom. The van der Waals surface area contributed by atoms with Crippen molar-refractivity contribution < 1.29 is 13.2 Å². The van der Waals surface area contributed by atoms with Crippen LogP contribution in [0.25, 0.3) is 10.8 Å². The maximum absolute atomic E-state index is 13.2. The highest BCUT2D eigenvalue weighted by Gasteiger charge is 2.30. The molecule has 2 amide bonds. The first-order valence-corrected chi connectivity index (χ1v) is 12.4. The molecule has 162 valence electrons. The second kappa shape index (κ2) is 8.10. The molecular formula is C22H18IN5O3S. The van der Waals surface area contributed by atoms with Crippen LogP contribution in [0, 0.1) is 3.57 Å². The zero-order valence-electron chi connectivity index (χ0n) is 16.7. The Hall–Kier alpha value is -3.12. The molecule has 0 bridgehead atoms. The van der Waals surface area contributed by atoms with Crippen LogP contribution in [0.2, 0.25) is 0 Å². The van der Waals surface area contributed by atoms with Gasteiger partial charge in [-0.1, -0.05) is 42.5 Å². The number of hydrogen-bond donors (Lipinski definition) is 3. The molecule has 0 saturated heterocycles. The van der Waals surface area contributed by atoms with E-state index in [-0.39, 0.29) is 23.3 Å². The van der Waals surface area contributed by atoms with Crippen LogP contribution in [-0.2, 0) is 23.1 Å². The van der Waals surface area contributed by atoms with Crippen molar-refractivity contribution >= 4 is 60.9 Å². The lowest BCUT2D eigenvalue weighted by Gasteiger charge is -2.17. The molecule has 0 spiro atoms. The highest BCUT2D eigenvalue weighted by molar-refractivity contribution is 14.1. The summed E-state index contributed by atoms with van der Waals surface area (Å²) in [4.78, 5) is 14.4. The molecule has 4 aromatic rings. The number of carbonyl (C=O) groups is 1. The minimum Gasteiger partial charge on any atom is -0.314 e. The lowest BCUT2D eigenvalue weighted by Crippen LogP contribution is -2.30. The van der Waals surface area contributed by atoms with Crippen molar-refractivity contribution in [2.75, 3.05) is 10.0 Å². The van der Waals surface area contributed by atoms with Crippen molar-refractivity contribution in [2.24, 2.45) is 0 Å². The van der Waals surface area contributed by atoms with Crippen LogP contribution in [-0.4, -0.2) is 29.5 Å². The predicted octanol–water partition coefficient (Wildman–Crippen LogP) is 4.52. The van der Waals surface area contributed by atoms with E-state index in [4.69, 9.17) is 0 Å². The number of sulfonamides is 1. The number of amides is 2. The number of nitrogens with one attached hydrogen (secondary N) is 3. The summed E-state index contributed by atoms with van der Waals surface area (Å²) in [5.41, 5.74) is 2.06. The van der Waals surface area contributed by atoms with Crippen molar-refractivity contribution in [3.63, 3.8) is 0 Å². The largest absolute Gasteiger partial charge is 0.322 e. The molecule has 2 heterocycles. The number of urea groups is 1. The van der Waals surface area contributed by atoms with Gasteiger partial charge in [0.15, 0.2) is 5.82 Å². The number of carbonyl (C=O) groups excluding carboxylic acids is 1. The Balaban J connectivity index is 1.38. The Morgan fingerprint density at radius 1 is 0.969 bits per heavy atom. The standard InChI is InChI=1S/C22H18IN5O3S/c23-18-10-4-9-16-15(18)8-5-11-20(16)32(30,31)27-21-17-12-28(13-19(17)25-26-21)22(29)24-14-6-2-1-3-7-14/h1-11H,12-13H2,(H,24,29)(H2,25,26,27). The summed E-state index contributed by atoms with van der Waals surface area (Å²) >= 11 is 2.19. The van der Waals surface area contributed by atoms with Crippen molar-refractivity contribution in [3.05, 3.63) is 81.6 Å². The average Bonchev–Trinajstić information content (AvgIpc) is 3.36. The number of fused-ring (bicyclic) bond motifs is 2. The van der Waals surface area contributed by atoms with Gasteiger partial charge >= 0.3 is 6.03 Å². The SMILES string of the molecule is O=C(Nc1ccccc1)N1Cc2[nH]nc(NS(=O)(=O)c3cccc4c(I)cccc34)c2C1. The van der Waals surface area contributed by atoms with E-state index in [0.29, 0.717) is 28.9 Å². The fourth-order valence-corrected chi connectivity index (χ4v) is 5.69. The number of aromatic amines is 1. The van der Waals surface area contributed by atoms with E-state index in [1.165, 1.54) is 0 Å². The minimum absolute atomic E-state index is 0.182. The van der Waals surface area contributed by atoms with E-state index in [1.54, 1.807) is 35.2 Å². The highest BCUT2D eigenvalue weighted by atomic mass is 127. The van der Waals surface area contributed by atoms with Crippen molar-refractivity contribution in [2.45, 2.75) is 18.0 Å². The van der Waals surface area contributed by atoms with E-state index >= 15 is 0 Å². The summed E-state index contributed by atoms with van der Waals surface area (Å²) in [5, 5.41) is 11.4. The van der Waals surface area contributed by atoms with Gasteiger partial charge in [0, 0.05) is 20.2 Å². The van der Waals surface area contributed by atoms with E-state index < -0.39 is 10.0 Å². The topological polar surface area (TPSA) is 107 Å². The second-order valence-electron chi connectivity index (χ2n) is 7.38. The van der Waals surface area contributed by atoms with Gasteiger partial charge in [-0.15, -0.1) is 0 Å². The summed E-state index contributed by atoms with van der Waals surface area (Å²) in [6, 6.07) is 19.6. The molecule has 1 aliphatic rings. The molecule has 0 radical (unpaired) electrons. The molecule has 0 fully saturated rings. The lowest BCUT2D eigenvalue weighted by molar-refractivity contribution is 0.212. The number of H-pyrrole nitrogens is 1. The first-order valence-electron chi connectivity index (χ1n) is 9.79. The molecule has 3 N–H and O–H groups in total. The number of aromatic nitrogens is 2. The first-order chi connectivity index (χ1) is 15.4. The number of rotatable bonds is 4. The summed E-state index contributed by atoms with van der Waals surface area (Å²) in [6.45, 7) is 0.560. The van der Waals surface area contributed by atoms with E-state index in [2.05, 4.69) is 42.8 Å². The number of anilines is 2. The first kappa shape index (κ1) is 20.8. The van der Waals surface area contributed by atoms with Crippen molar-refractivity contribution in [1.29, 1.82) is 0 Å². The van der Waals surface area contributed by atoms with Crippen LogP contribution in [0.4, 0.5) is 16.3 Å². The normalized spacial score (nSPS) is 13.2. The lowest BCUT2D eigenvalue weighted by atomic mass is 10.1. The molecule has 0 unspecified atom stereocenters. The predicted molar refractivity (Wildman–Crippen MR) is 131 cm³/mol. The molecule has 0 atom stereocenters. The monoisotopic (exact) mass is 559 g/mol. The summed E-state index contributed by atoms with van der Waals surface area (Å²) in [5.74, 6) is 0.206. The van der Waals surface area contributed by atoms with Crippen LogP contribution in [0.3, 0.4) is 0 Å². The minimum atomic E-state index is -3.89. The Bertz CT molecular complexity index is 1440. The fourth-order valence-electron chi connectivity index (χ4n) is 3.75. The molecule has 3 aromatic carbocycles. The van der Waals surface area contributed by atoms with Crippen molar-refractivity contribution in [1.82, 2.24) is 15.1 Å². The Labute approximate surface area is 198 Å². The molecule has 0 saturated carbocycles. The third-order valence-corrected chi connectivity index (χ3v) is 7.65. The maximum atomic E-state index is 13.2. The summed E-state index contributed by atoms with van der Waals surface area (Å²) in [7, 11) is -3.89. The van der Waals surface area contributed by atoms with E-state index in [1.807, 2.05) is 36.4 Å². The average molecular weight is 559 g/mol. The molecule has 0 aliphatic carbocycles. The third-order valence-electron chi connectivity index (χ3n) is 5.31. The van der Waals surface area contributed by atoms with Gasteiger partial charge < -0.3 is 10.2 Å². The van der Waals surface area contributed by atoms with Gasteiger partial charge in [0.25, 0.3) is 10.0 Å². The summed E-state index contributed by atoms with van der Waals surface area (Å²) in [6.07, 6.45) is 0. The van der Waals surface area contributed by atoms with E-state index in [0.717, 1.165) is 8.96 Å². The maximum Gasteiger partial charge on any atom is 0.322 e. The van der Waals surface area contributed by atoms with Crippen LogP contribution < -0.4 is 10.0 Å².